The zero-order valence-corrected chi connectivity index (χ0v) is 20.1. The number of hydrogen-bond acceptors (Lipinski definition) is 5. The summed E-state index contributed by atoms with van der Waals surface area (Å²) in [6.07, 6.45) is 2.33. The number of halogens is 2. The maximum absolute atomic E-state index is 13.9. The second kappa shape index (κ2) is 9.07. The fourth-order valence-corrected chi connectivity index (χ4v) is 4.89. The van der Waals surface area contributed by atoms with Crippen molar-refractivity contribution < 1.29 is 28.2 Å². The molecule has 1 fully saturated rings. The molecule has 1 saturated carbocycles. The van der Waals surface area contributed by atoms with Crippen LogP contribution in [0.5, 0.6) is 5.75 Å². The fourth-order valence-electron chi connectivity index (χ4n) is 4.89. The van der Waals surface area contributed by atoms with Gasteiger partial charge in [0.05, 0.1) is 17.7 Å². The number of fused-ring (bicyclic) bond motifs is 2. The lowest BCUT2D eigenvalue weighted by Gasteiger charge is -2.55. The summed E-state index contributed by atoms with van der Waals surface area (Å²) < 4.78 is 34.5. The number of pyridine rings is 1. The number of amides is 2. The van der Waals surface area contributed by atoms with Crippen molar-refractivity contribution in [3.8, 4) is 5.75 Å². The molecule has 35 heavy (non-hydrogen) atoms. The van der Waals surface area contributed by atoms with E-state index < -0.39 is 40.2 Å². The normalized spacial score (nSPS) is 21.4. The fraction of sp³-hybridized carbons (Fsp3) is 0.480. The number of hydrogen-bond donors (Lipinski definition) is 2. The zero-order valence-electron chi connectivity index (χ0n) is 20.1. The third-order valence-corrected chi connectivity index (χ3v) is 6.62. The molecule has 0 radical (unpaired) electrons. The summed E-state index contributed by atoms with van der Waals surface area (Å²) in [7, 11) is 0. The molecule has 4 rings (SSSR count). The molecule has 0 saturated heterocycles. The van der Waals surface area contributed by atoms with Crippen molar-refractivity contribution in [3.05, 3.63) is 63.1 Å². The summed E-state index contributed by atoms with van der Waals surface area (Å²) in [5, 5.41) is 13.2. The van der Waals surface area contributed by atoms with Gasteiger partial charge in [0, 0.05) is 37.0 Å². The average Bonchev–Trinajstić information content (AvgIpc) is 2.75. The number of rotatable bonds is 6. The Morgan fingerprint density at radius 2 is 1.91 bits per heavy atom. The number of benzene rings is 1. The molecule has 2 aromatic rings. The van der Waals surface area contributed by atoms with Crippen LogP contribution >= 0.6 is 0 Å². The molecular weight excluding hydrogens is 460 g/mol. The summed E-state index contributed by atoms with van der Waals surface area (Å²) in [5.74, 6) is -3.71. The lowest BCUT2D eigenvalue weighted by Crippen LogP contribution is -2.63. The van der Waals surface area contributed by atoms with Crippen LogP contribution in [0.4, 0.5) is 8.78 Å². The van der Waals surface area contributed by atoms with Crippen molar-refractivity contribution in [2.24, 2.45) is 0 Å². The Kier molecular flexibility index (Phi) is 6.44. The third kappa shape index (κ3) is 4.42. The molecule has 10 heteroatoms. The van der Waals surface area contributed by atoms with E-state index in [1.165, 1.54) is 12.3 Å². The van der Waals surface area contributed by atoms with Crippen LogP contribution in [0.25, 0.3) is 0 Å². The zero-order chi connectivity index (χ0) is 25.7. The van der Waals surface area contributed by atoms with Crippen molar-refractivity contribution >= 4 is 11.8 Å². The van der Waals surface area contributed by atoms with E-state index in [-0.39, 0.29) is 41.6 Å². The molecule has 8 nitrogen and oxygen atoms in total. The van der Waals surface area contributed by atoms with Crippen LogP contribution in [0.3, 0.4) is 0 Å². The van der Waals surface area contributed by atoms with Crippen LogP contribution in [0.1, 0.15) is 66.9 Å². The van der Waals surface area contributed by atoms with Crippen LogP contribution in [0.2, 0.25) is 0 Å². The van der Waals surface area contributed by atoms with Crippen LogP contribution < -0.4 is 10.7 Å². The molecule has 1 spiro atoms. The van der Waals surface area contributed by atoms with Crippen molar-refractivity contribution in [1.82, 2.24) is 14.8 Å². The van der Waals surface area contributed by atoms with Gasteiger partial charge in [0.15, 0.2) is 11.4 Å². The second-order valence-electron chi connectivity index (χ2n) is 9.82. The molecule has 0 bridgehead atoms. The first-order chi connectivity index (χ1) is 16.4. The Labute approximate surface area is 201 Å². The Hall–Kier alpha value is -3.27. The topological polar surface area (TPSA) is 101 Å². The van der Waals surface area contributed by atoms with Gasteiger partial charge in [-0.2, -0.15) is 0 Å². The summed E-state index contributed by atoms with van der Waals surface area (Å²) in [4.78, 5) is 40.6. The van der Waals surface area contributed by atoms with E-state index in [2.05, 4.69) is 5.32 Å². The van der Waals surface area contributed by atoms with Crippen molar-refractivity contribution in [1.29, 1.82) is 0 Å². The Balaban J connectivity index is 1.70. The van der Waals surface area contributed by atoms with Gasteiger partial charge in [-0.1, -0.05) is 6.07 Å². The first kappa shape index (κ1) is 24.8. The molecule has 0 unspecified atom stereocenters. The Bertz CT molecular complexity index is 1230. The third-order valence-electron chi connectivity index (χ3n) is 6.62. The van der Waals surface area contributed by atoms with Gasteiger partial charge in [0.2, 0.25) is 5.43 Å². The standard InChI is InChI=1S/C25H29F2N3O5/c1-13(2)29-12-25(8-17(9-25)35-14(3)4)30-11-18(21(31)22(32)20(30)24(29)34)23(33)28-10-15-5-6-16(26)7-19(15)27/h5-7,11,13-14,17,32H,8-10,12H2,1-4H3,(H,28,33). The van der Waals surface area contributed by atoms with Crippen molar-refractivity contribution in [3.63, 3.8) is 0 Å². The van der Waals surface area contributed by atoms with E-state index in [0.717, 1.165) is 6.07 Å². The highest BCUT2D eigenvalue weighted by Crippen LogP contribution is 2.46. The summed E-state index contributed by atoms with van der Waals surface area (Å²) >= 11 is 0. The number of carbonyl (C=O) groups excluding carboxylic acids is 2. The summed E-state index contributed by atoms with van der Waals surface area (Å²) in [5.41, 5.74) is -2.12. The van der Waals surface area contributed by atoms with Crippen LogP contribution in [0, 0.1) is 11.6 Å². The van der Waals surface area contributed by atoms with E-state index in [0.29, 0.717) is 25.5 Å². The van der Waals surface area contributed by atoms with Gasteiger partial charge < -0.3 is 24.6 Å². The molecule has 0 atom stereocenters. The molecular formula is C25H29F2N3O5. The molecule has 1 aromatic heterocycles. The van der Waals surface area contributed by atoms with Crippen molar-refractivity contribution in [2.45, 2.75) is 70.9 Å². The molecule has 2 N–H and O–H groups in total. The lowest BCUT2D eigenvalue weighted by molar-refractivity contribution is -0.110. The average molecular weight is 490 g/mol. The number of nitrogens with one attached hydrogen (secondary N) is 1. The van der Waals surface area contributed by atoms with Crippen LogP contribution in [0.15, 0.2) is 29.2 Å². The van der Waals surface area contributed by atoms with Crippen LogP contribution in [-0.2, 0) is 16.8 Å². The molecule has 2 amide bonds. The molecule has 1 aromatic carbocycles. The monoisotopic (exact) mass is 489 g/mol. The minimum Gasteiger partial charge on any atom is -0.503 e. The smallest absolute Gasteiger partial charge is 0.274 e. The van der Waals surface area contributed by atoms with Gasteiger partial charge in [-0.05, 0) is 46.6 Å². The number of nitrogens with zero attached hydrogens (tertiary/aromatic N) is 2. The van der Waals surface area contributed by atoms with Gasteiger partial charge >= 0.3 is 0 Å². The number of ether oxygens (including phenoxy) is 1. The predicted octanol–water partition coefficient (Wildman–Crippen LogP) is 2.91. The number of aromatic nitrogens is 1. The lowest BCUT2D eigenvalue weighted by atomic mass is 9.71. The largest absolute Gasteiger partial charge is 0.503 e. The molecule has 2 aliphatic rings. The quantitative estimate of drug-likeness (QED) is 0.650. The molecule has 188 valence electrons. The molecule has 1 aliphatic heterocycles. The Morgan fingerprint density at radius 1 is 1.23 bits per heavy atom. The minimum absolute atomic E-state index is 0.0128. The highest BCUT2D eigenvalue weighted by Gasteiger charge is 2.53. The molecule has 1 aliphatic carbocycles. The summed E-state index contributed by atoms with van der Waals surface area (Å²) in [6, 6.07) is 2.79. The van der Waals surface area contributed by atoms with Gasteiger partial charge in [0.25, 0.3) is 11.8 Å². The highest BCUT2D eigenvalue weighted by atomic mass is 19.1. The molecule has 2 heterocycles. The number of carbonyl (C=O) groups is 2. The Morgan fingerprint density at radius 3 is 2.51 bits per heavy atom. The number of aromatic hydroxyl groups is 1. The van der Waals surface area contributed by atoms with Crippen LogP contribution in [-0.4, -0.2) is 51.2 Å². The highest BCUT2D eigenvalue weighted by molar-refractivity contribution is 5.99. The maximum Gasteiger partial charge on any atom is 0.274 e. The minimum atomic E-state index is -0.989. The van der Waals surface area contributed by atoms with E-state index in [1.54, 1.807) is 9.47 Å². The van der Waals surface area contributed by atoms with E-state index >= 15 is 0 Å². The van der Waals surface area contributed by atoms with Gasteiger partial charge in [-0.15, -0.1) is 0 Å². The maximum atomic E-state index is 13.9. The second-order valence-corrected chi connectivity index (χ2v) is 9.82. The van der Waals surface area contributed by atoms with E-state index in [9.17, 15) is 28.3 Å². The summed E-state index contributed by atoms with van der Waals surface area (Å²) in [6.45, 7) is 7.62. The van der Waals surface area contributed by atoms with E-state index in [1.807, 2.05) is 27.7 Å². The van der Waals surface area contributed by atoms with Gasteiger partial charge in [0.1, 0.15) is 17.2 Å². The first-order valence-corrected chi connectivity index (χ1v) is 11.6. The van der Waals surface area contributed by atoms with Gasteiger partial charge in [-0.3, -0.25) is 14.4 Å². The van der Waals surface area contributed by atoms with E-state index in [4.69, 9.17) is 4.74 Å². The first-order valence-electron chi connectivity index (χ1n) is 11.6. The predicted molar refractivity (Wildman–Crippen MR) is 123 cm³/mol. The van der Waals surface area contributed by atoms with Crippen molar-refractivity contribution in [2.75, 3.05) is 6.54 Å². The SMILES string of the molecule is CC(C)OC1CC2(C1)CN(C(C)C)C(=O)c1c(O)c(=O)c(C(=O)NCc3ccc(F)cc3F)cn12. The van der Waals surface area contributed by atoms with Gasteiger partial charge in [-0.25, -0.2) is 8.78 Å².